The van der Waals surface area contributed by atoms with Crippen LogP contribution in [-0.2, 0) is 4.74 Å². The number of hydrogen-bond acceptors (Lipinski definition) is 3. The number of hydrogen-bond donors (Lipinski definition) is 0. The molecule has 0 saturated heterocycles. The lowest BCUT2D eigenvalue weighted by molar-refractivity contribution is -0.354. The molecule has 0 aromatic heterocycles. The summed E-state index contributed by atoms with van der Waals surface area (Å²) in [4.78, 5) is 3.64. The van der Waals surface area contributed by atoms with Gasteiger partial charge in [0.05, 0.1) is 5.95 Å². The predicted molar refractivity (Wildman–Crippen MR) is 34.1 cm³/mol. The second kappa shape index (κ2) is 3.95. The second-order valence-electron chi connectivity index (χ2n) is 1.56. The Morgan fingerprint density at radius 2 is 2.22 bits per heavy atom. The van der Waals surface area contributed by atoms with Crippen LogP contribution in [0.2, 0.25) is 0 Å². The van der Waals surface area contributed by atoms with Gasteiger partial charge in [-0.25, -0.2) is 0 Å². The van der Waals surface area contributed by atoms with E-state index in [4.69, 9.17) is 0 Å². The fourth-order valence-corrected chi connectivity index (χ4v) is 0.407. The van der Waals surface area contributed by atoms with E-state index in [1.807, 2.05) is 0 Å². The summed E-state index contributed by atoms with van der Waals surface area (Å²) >= 11 is 0. The van der Waals surface area contributed by atoms with E-state index in [0.29, 0.717) is 5.57 Å². The van der Waals surface area contributed by atoms with Gasteiger partial charge < -0.3 is 9.84 Å². The van der Waals surface area contributed by atoms with Crippen molar-refractivity contribution in [2.45, 2.75) is 6.92 Å². The van der Waals surface area contributed by atoms with Gasteiger partial charge in [-0.05, 0) is 19.6 Å². The molecular formula is C6H10NO2-. The number of allylic oxidation sites excluding steroid dienone is 1. The smallest absolute Gasteiger partial charge is 0.0555 e. The highest BCUT2D eigenvalue weighted by atomic mass is 16.6. The minimum absolute atomic E-state index is 0.333. The normalized spacial score (nSPS) is 13.7. The monoisotopic (exact) mass is 128 g/mol. The molecule has 0 amide bonds. The number of methoxy groups -OCH3 is 1. The van der Waals surface area contributed by atoms with E-state index in [0.717, 1.165) is 0 Å². The van der Waals surface area contributed by atoms with Gasteiger partial charge in [0.1, 0.15) is 0 Å². The van der Waals surface area contributed by atoms with Crippen molar-refractivity contribution in [3.63, 3.8) is 0 Å². The van der Waals surface area contributed by atoms with E-state index in [-0.39, 0.29) is 5.95 Å². The van der Waals surface area contributed by atoms with Gasteiger partial charge in [-0.1, -0.05) is 0 Å². The lowest BCUT2D eigenvalue weighted by atomic mass is 10.4. The van der Waals surface area contributed by atoms with Crippen LogP contribution in [0, 0.1) is 0 Å². The van der Waals surface area contributed by atoms with Crippen molar-refractivity contribution in [1.29, 1.82) is 0 Å². The van der Waals surface area contributed by atoms with E-state index >= 15 is 0 Å². The van der Waals surface area contributed by atoms with Gasteiger partial charge in [0.2, 0.25) is 0 Å². The van der Waals surface area contributed by atoms with E-state index in [9.17, 15) is 5.11 Å². The molecule has 0 aliphatic rings. The summed E-state index contributed by atoms with van der Waals surface area (Å²) < 4.78 is 4.40. The van der Waals surface area contributed by atoms with Gasteiger partial charge >= 0.3 is 0 Å². The van der Waals surface area contributed by atoms with Gasteiger partial charge in [0.15, 0.2) is 0 Å². The van der Waals surface area contributed by atoms with Crippen molar-refractivity contribution in [1.82, 2.24) is 0 Å². The molecule has 9 heavy (non-hydrogen) atoms. The highest BCUT2D eigenvalue weighted by Gasteiger charge is 1.82. The Bertz CT molecular complexity index is 138. The van der Waals surface area contributed by atoms with Crippen LogP contribution in [0.5, 0.6) is 0 Å². The van der Waals surface area contributed by atoms with E-state index in [1.54, 1.807) is 14.0 Å². The van der Waals surface area contributed by atoms with Crippen LogP contribution >= 0.6 is 0 Å². The molecule has 0 spiro atoms. The van der Waals surface area contributed by atoms with Gasteiger partial charge in [-0.3, -0.25) is 4.99 Å². The molecule has 0 aromatic rings. The van der Waals surface area contributed by atoms with Crippen LogP contribution in [-0.4, -0.2) is 20.4 Å². The molecular weight excluding hydrogens is 118 g/mol. The molecule has 0 unspecified atom stereocenters. The fraction of sp³-hybridized carbons (Fsp3) is 0.500. The number of ether oxygens (including phenoxy) is 1. The second-order valence-corrected chi connectivity index (χ2v) is 1.56. The van der Waals surface area contributed by atoms with Crippen LogP contribution in [0.1, 0.15) is 6.92 Å². The topological polar surface area (TPSA) is 44.7 Å². The third-order valence-corrected chi connectivity index (χ3v) is 0.830. The summed E-state index contributed by atoms with van der Waals surface area (Å²) in [5.74, 6) is -0.333. The minimum atomic E-state index is -0.333. The van der Waals surface area contributed by atoms with E-state index in [2.05, 4.69) is 9.73 Å². The zero-order chi connectivity index (χ0) is 7.28. The maximum Gasteiger partial charge on any atom is 0.0555 e. The maximum absolute atomic E-state index is 10.6. The first-order chi connectivity index (χ1) is 4.22. The molecule has 3 heteroatoms. The highest BCUT2D eigenvalue weighted by molar-refractivity contribution is 5.77. The van der Waals surface area contributed by atoms with Gasteiger partial charge in [0.25, 0.3) is 0 Å². The molecule has 0 fully saturated rings. The molecule has 0 saturated carbocycles. The molecule has 0 heterocycles. The Hall–Kier alpha value is -0.990. The van der Waals surface area contributed by atoms with Crippen molar-refractivity contribution in [3.05, 3.63) is 11.5 Å². The lowest BCUT2D eigenvalue weighted by Gasteiger charge is -2.09. The Morgan fingerprint density at radius 1 is 1.67 bits per heavy atom. The van der Waals surface area contributed by atoms with Gasteiger partial charge in [0, 0.05) is 13.3 Å². The number of nitrogens with zero attached hydrogens (tertiary/aromatic N) is 1. The third-order valence-electron chi connectivity index (χ3n) is 0.830. The van der Waals surface area contributed by atoms with Crippen molar-refractivity contribution >= 4 is 6.21 Å². The zero-order valence-electron chi connectivity index (χ0n) is 5.84. The summed E-state index contributed by atoms with van der Waals surface area (Å²) in [7, 11) is 2.95. The average Bonchev–Trinajstić information content (AvgIpc) is 1.87. The molecule has 0 aliphatic heterocycles. The molecule has 0 aliphatic carbocycles. The van der Waals surface area contributed by atoms with Crippen molar-refractivity contribution in [2.24, 2.45) is 4.99 Å². The molecule has 0 N–H and O–H groups in total. The van der Waals surface area contributed by atoms with Gasteiger partial charge in [-0.15, -0.1) is 0 Å². The van der Waals surface area contributed by atoms with Crippen molar-refractivity contribution in [2.75, 3.05) is 14.2 Å². The Morgan fingerprint density at radius 3 is 2.56 bits per heavy atom. The van der Waals surface area contributed by atoms with Crippen molar-refractivity contribution in [3.8, 4) is 0 Å². The summed E-state index contributed by atoms with van der Waals surface area (Å²) in [6.07, 6.45) is 1.46. The lowest BCUT2D eigenvalue weighted by Crippen LogP contribution is -2.08. The minimum Gasteiger partial charge on any atom is -0.616 e. The molecule has 0 bridgehead atoms. The fourth-order valence-electron chi connectivity index (χ4n) is 0.407. The summed E-state index contributed by atoms with van der Waals surface area (Å²) in [6.45, 7) is 1.65. The van der Waals surface area contributed by atoms with Crippen LogP contribution in [0.15, 0.2) is 16.5 Å². The number of rotatable bonds is 2. The highest BCUT2D eigenvalue weighted by Crippen LogP contribution is 1.92. The van der Waals surface area contributed by atoms with E-state index in [1.165, 1.54) is 13.3 Å². The molecule has 0 radical (unpaired) electrons. The van der Waals surface area contributed by atoms with Crippen molar-refractivity contribution < 1.29 is 9.84 Å². The predicted octanol–water partition coefficient (Wildman–Crippen LogP) is -0.0748. The SMILES string of the molecule is CN=CC(C)=C([O-])OC. The van der Waals surface area contributed by atoms with Crippen LogP contribution in [0.25, 0.3) is 0 Å². The Kier molecular flexibility index (Phi) is 3.51. The maximum atomic E-state index is 10.6. The zero-order valence-corrected chi connectivity index (χ0v) is 5.84. The first-order valence-corrected chi connectivity index (χ1v) is 2.56. The molecule has 0 rings (SSSR count). The summed E-state index contributed by atoms with van der Waals surface area (Å²) in [5.41, 5.74) is 0.514. The van der Waals surface area contributed by atoms with Crippen LogP contribution in [0.3, 0.4) is 0 Å². The first kappa shape index (κ1) is 8.01. The van der Waals surface area contributed by atoms with Crippen LogP contribution < -0.4 is 5.11 Å². The molecule has 3 nitrogen and oxygen atoms in total. The van der Waals surface area contributed by atoms with Gasteiger partial charge in [-0.2, -0.15) is 0 Å². The quantitative estimate of drug-likeness (QED) is 0.386. The number of aliphatic imine (C=N–C) groups is 1. The summed E-state index contributed by atoms with van der Waals surface area (Å²) in [6, 6.07) is 0. The summed E-state index contributed by atoms with van der Waals surface area (Å²) in [5, 5.41) is 10.6. The molecule has 52 valence electrons. The molecule has 0 aromatic carbocycles. The van der Waals surface area contributed by atoms with Crippen LogP contribution in [0.4, 0.5) is 0 Å². The molecule has 0 atom stereocenters. The third kappa shape index (κ3) is 2.74. The standard InChI is InChI=1S/C6H11NO2/c1-5(4-7-2)6(8)9-3/h4,8H,1-3H3/p-1. The Labute approximate surface area is 54.7 Å². The largest absolute Gasteiger partial charge is 0.616 e. The average molecular weight is 128 g/mol. The Balaban J connectivity index is 4.10. The van der Waals surface area contributed by atoms with E-state index < -0.39 is 0 Å². The first-order valence-electron chi connectivity index (χ1n) is 2.56.